The monoisotopic (exact) mass is 595 g/mol. The number of fused-ring (bicyclic) bond motifs is 2. The lowest BCUT2D eigenvalue weighted by atomic mass is 9.53. The number of methoxy groups -OCH3 is 1. The van der Waals surface area contributed by atoms with Gasteiger partial charge in [-0.3, -0.25) is 4.79 Å². The van der Waals surface area contributed by atoms with E-state index in [2.05, 4.69) is 9.47 Å². The van der Waals surface area contributed by atoms with E-state index in [0.29, 0.717) is 58.6 Å². The fraction of sp³-hybridized carbons (Fsp3) is 0.382. The van der Waals surface area contributed by atoms with Gasteiger partial charge in [0.1, 0.15) is 22.7 Å². The summed E-state index contributed by atoms with van der Waals surface area (Å²) in [5.41, 5.74) is 3.18. The van der Waals surface area contributed by atoms with Crippen molar-refractivity contribution in [1.82, 2.24) is 24.0 Å². The summed E-state index contributed by atoms with van der Waals surface area (Å²) in [5.74, 6) is 1.47. The highest BCUT2D eigenvalue weighted by Crippen LogP contribution is 2.60. The summed E-state index contributed by atoms with van der Waals surface area (Å²) < 4.78 is 39.5. The van der Waals surface area contributed by atoms with Gasteiger partial charge < -0.3 is 23.9 Å². The van der Waals surface area contributed by atoms with E-state index in [-0.39, 0.29) is 17.2 Å². The van der Waals surface area contributed by atoms with Crippen molar-refractivity contribution < 1.29 is 23.4 Å². The molecular weight excluding hydrogens is 564 g/mol. The molecule has 3 saturated carbocycles. The lowest BCUT2D eigenvalue weighted by Gasteiger charge is -2.52. The van der Waals surface area contributed by atoms with E-state index >= 15 is 0 Å². The van der Waals surface area contributed by atoms with Gasteiger partial charge in [0.05, 0.1) is 29.6 Å². The number of phenols is 1. The van der Waals surface area contributed by atoms with E-state index in [0.717, 1.165) is 60.5 Å². The van der Waals surface area contributed by atoms with Crippen LogP contribution >= 0.6 is 0 Å². The maximum absolute atomic E-state index is 14.8. The summed E-state index contributed by atoms with van der Waals surface area (Å²) in [6.45, 7) is 1.52. The van der Waals surface area contributed by atoms with E-state index in [1.165, 1.54) is 6.42 Å². The molecule has 3 aliphatic carbocycles. The number of imidazole rings is 1. The van der Waals surface area contributed by atoms with Crippen LogP contribution in [0.3, 0.4) is 0 Å². The number of carbonyl (C=O) groups excluding carboxylic acids is 1. The van der Waals surface area contributed by atoms with E-state index in [9.17, 15) is 18.7 Å². The zero-order valence-corrected chi connectivity index (χ0v) is 24.4. The van der Waals surface area contributed by atoms with Crippen molar-refractivity contribution >= 4 is 28.0 Å². The third-order valence-electron chi connectivity index (χ3n) is 10.6. The molecule has 4 fully saturated rings. The highest BCUT2D eigenvalue weighted by atomic mass is 19.1. The summed E-state index contributed by atoms with van der Waals surface area (Å²) in [5, 5.41) is 10.7. The van der Waals surface area contributed by atoms with Gasteiger partial charge in [-0.15, -0.1) is 0 Å². The molecule has 1 amide bonds. The lowest BCUT2D eigenvalue weighted by molar-refractivity contribution is -0.0204. The first-order chi connectivity index (χ1) is 21.3. The summed E-state index contributed by atoms with van der Waals surface area (Å²) in [4.78, 5) is 25.6. The zero-order chi connectivity index (χ0) is 30.0. The third-order valence-corrected chi connectivity index (χ3v) is 10.6. The van der Waals surface area contributed by atoms with Crippen molar-refractivity contribution in [3.05, 3.63) is 59.7 Å². The largest absolute Gasteiger partial charge is 0.505 e. The average Bonchev–Trinajstić information content (AvgIpc) is 3.68. The Kier molecular flexibility index (Phi) is 5.33. The summed E-state index contributed by atoms with van der Waals surface area (Å²) in [7, 11) is 3.54. The van der Waals surface area contributed by atoms with Crippen molar-refractivity contribution in [2.75, 3.05) is 13.7 Å². The molecule has 1 aliphatic heterocycles. The standard InChI is InChI=1S/C34H31F2N5O3/c1-39-31-23(10-19(13-27(31)44-2)34(43)41-15-20-9-18-12-24(41)28(18)20)38-33(39)25-11-17-5-7-22(29-21(35)6-8-26(42)30(29)36)37-32(17)40(25)14-16-3-4-16/h5-8,10-11,13,16,18,20,24,28,42H,3-4,9,12,14-15H2,1-2H3/t18?,20?,24?,28-/m1/s1. The van der Waals surface area contributed by atoms with Gasteiger partial charge in [0, 0.05) is 37.1 Å². The van der Waals surface area contributed by atoms with Gasteiger partial charge >= 0.3 is 0 Å². The highest BCUT2D eigenvalue weighted by molar-refractivity contribution is 6.00. The number of aromatic nitrogens is 4. The number of hydrogen-bond acceptors (Lipinski definition) is 5. The fourth-order valence-corrected chi connectivity index (χ4v) is 8.15. The Labute approximate surface area is 251 Å². The molecule has 5 aromatic rings. The molecule has 0 spiro atoms. The molecule has 9 rings (SSSR count). The van der Waals surface area contributed by atoms with E-state index in [1.807, 2.05) is 29.8 Å². The normalized spacial score (nSPS) is 23.6. The predicted octanol–water partition coefficient (Wildman–Crippen LogP) is 6.14. The van der Waals surface area contributed by atoms with Gasteiger partial charge in [0.2, 0.25) is 0 Å². The molecule has 0 bridgehead atoms. The van der Waals surface area contributed by atoms with Crippen LogP contribution in [-0.2, 0) is 13.6 Å². The Morgan fingerprint density at radius 3 is 2.66 bits per heavy atom. The van der Waals surface area contributed by atoms with Gasteiger partial charge in [0.15, 0.2) is 17.4 Å². The molecule has 8 nitrogen and oxygen atoms in total. The zero-order valence-electron chi connectivity index (χ0n) is 24.4. The Hall–Kier alpha value is -4.47. The van der Waals surface area contributed by atoms with Crippen molar-refractivity contribution in [1.29, 1.82) is 0 Å². The maximum Gasteiger partial charge on any atom is 0.254 e. The first kappa shape index (κ1) is 26.0. The second-order valence-electron chi connectivity index (χ2n) is 13.1. The van der Waals surface area contributed by atoms with Crippen LogP contribution in [0.25, 0.3) is 44.8 Å². The van der Waals surface area contributed by atoms with E-state index in [4.69, 9.17) is 14.7 Å². The predicted molar refractivity (Wildman–Crippen MR) is 160 cm³/mol. The first-order valence-corrected chi connectivity index (χ1v) is 15.3. The number of amides is 1. The number of rotatable bonds is 6. The molecule has 0 radical (unpaired) electrons. The topological polar surface area (TPSA) is 85.4 Å². The van der Waals surface area contributed by atoms with Gasteiger partial charge in [-0.25, -0.2) is 18.7 Å². The number of benzene rings is 2. The molecule has 10 heteroatoms. The minimum absolute atomic E-state index is 0.0428. The number of phenolic OH excluding ortho intramolecular Hbond substituents is 1. The number of aromatic hydroxyl groups is 1. The summed E-state index contributed by atoms with van der Waals surface area (Å²) in [6, 6.07) is 11.5. The van der Waals surface area contributed by atoms with Gasteiger partial charge in [-0.05, 0) is 91.8 Å². The van der Waals surface area contributed by atoms with Gasteiger partial charge in [0.25, 0.3) is 5.91 Å². The SMILES string of the molecule is COc1cc(C(=O)N2CC3CC4CC2[C@H]43)cc2nc(-c3cc4ccc(-c5c(F)ccc(O)c5F)nc4n3CC3CC3)n(C)c12. The summed E-state index contributed by atoms with van der Waals surface area (Å²) >= 11 is 0. The van der Waals surface area contributed by atoms with Crippen LogP contribution in [0.5, 0.6) is 11.5 Å². The maximum atomic E-state index is 14.8. The quantitative estimate of drug-likeness (QED) is 0.255. The number of ether oxygens (including phenoxy) is 1. The Balaban J connectivity index is 1.17. The third kappa shape index (κ3) is 3.56. The molecule has 3 unspecified atom stereocenters. The molecule has 2 aromatic carbocycles. The molecule has 4 aliphatic rings. The first-order valence-electron chi connectivity index (χ1n) is 15.3. The average molecular weight is 596 g/mol. The lowest BCUT2D eigenvalue weighted by Crippen LogP contribution is -2.53. The van der Waals surface area contributed by atoms with Crippen LogP contribution in [-0.4, -0.2) is 54.7 Å². The Morgan fingerprint density at radius 2 is 1.91 bits per heavy atom. The Morgan fingerprint density at radius 1 is 1.07 bits per heavy atom. The molecular formula is C34H31F2N5O3. The number of halogens is 2. The molecule has 3 aromatic heterocycles. The van der Waals surface area contributed by atoms with Crippen molar-refractivity contribution in [3.8, 4) is 34.3 Å². The molecule has 4 atom stereocenters. The van der Waals surface area contributed by atoms with Gasteiger partial charge in [-0.1, -0.05) is 0 Å². The minimum Gasteiger partial charge on any atom is -0.505 e. The molecule has 1 N–H and O–H groups in total. The number of pyridine rings is 1. The number of carbonyl (C=O) groups is 1. The van der Waals surface area contributed by atoms with Crippen LogP contribution < -0.4 is 4.74 Å². The Bertz CT molecular complexity index is 2050. The highest BCUT2D eigenvalue weighted by Gasteiger charge is 2.61. The van der Waals surface area contributed by atoms with Crippen LogP contribution in [0.1, 0.15) is 36.0 Å². The second kappa shape index (κ2) is 9.03. The number of likely N-dealkylation sites (tertiary alicyclic amines) is 1. The molecule has 44 heavy (non-hydrogen) atoms. The van der Waals surface area contributed by atoms with Gasteiger partial charge in [-0.2, -0.15) is 0 Å². The van der Waals surface area contributed by atoms with Crippen LogP contribution in [0, 0.1) is 35.3 Å². The van der Waals surface area contributed by atoms with Crippen molar-refractivity contribution in [2.24, 2.45) is 30.7 Å². The number of hydrogen-bond donors (Lipinski definition) is 1. The van der Waals surface area contributed by atoms with E-state index < -0.39 is 17.4 Å². The van der Waals surface area contributed by atoms with Crippen molar-refractivity contribution in [2.45, 2.75) is 38.3 Å². The summed E-state index contributed by atoms with van der Waals surface area (Å²) in [6.07, 6.45) is 4.55. The van der Waals surface area contributed by atoms with Crippen LogP contribution in [0.2, 0.25) is 0 Å². The van der Waals surface area contributed by atoms with Crippen LogP contribution in [0.4, 0.5) is 8.78 Å². The number of nitrogens with zero attached hydrogens (tertiary/aromatic N) is 5. The smallest absolute Gasteiger partial charge is 0.254 e. The minimum atomic E-state index is -1.04. The van der Waals surface area contributed by atoms with Crippen LogP contribution in [0.15, 0.2) is 42.5 Å². The molecule has 1 saturated heterocycles. The number of aryl methyl sites for hydroxylation is 1. The molecule has 224 valence electrons. The van der Waals surface area contributed by atoms with E-state index in [1.54, 1.807) is 19.2 Å². The second-order valence-corrected chi connectivity index (χ2v) is 13.1. The van der Waals surface area contributed by atoms with Crippen molar-refractivity contribution in [3.63, 3.8) is 0 Å². The fourth-order valence-electron chi connectivity index (χ4n) is 8.15. The molecule has 4 heterocycles.